The number of hydrogen-bond acceptors (Lipinski definition) is 6. The number of nitriles is 1. The molecule has 0 aliphatic rings. The van der Waals surface area contributed by atoms with Gasteiger partial charge in [0.15, 0.2) is 11.5 Å². The molecule has 0 aromatic heterocycles. The van der Waals surface area contributed by atoms with Crippen molar-refractivity contribution in [2.75, 3.05) is 19.8 Å². The van der Waals surface area contributed by atoms with E-state index in [9.17, 15) is 4.79 Å². The maximum absolute atomic E-state index is 12.5. The van der Waals surface area contributed by atoms with Crippen molar-refractivity contribution >= 4 is 5.97 Å². The Kier molecular flexibility index (Phi) is 6.86. The van der Waals surface area contributed by atoms with Crippen molar-refractivity contribution in [2.24, 2.45) is 0 Å². The number of hydrogen-bond donors (Lipinski definition) is 0. The largest absolute Gasteiger partial charge is 0.490 e. The summed E-state index contributed by atoms with van der Waals surface area (Å²) >= 11 is 0. The predicted octanol–water partition coefficient (Wildman–Crippen LogP) is 3.97. The average molecular weight is 355 g/mol. The van der Waals surface area contributed by atoms with E-state index in [-0.39, 0.29) is 5.56 Å². The van der Waals surface area contributed by atoms with Gasteiger partial charge in [-0.25, -0.2) is 4.79 Å². The summed E-state index contributed by atoms with van der Waals surface area (Å²) in [7, 11) is 0. The number of carbonyl (C=O) groups is 1. The van der Waals surface area contributed by atoms with Gasteiger partial charge in [0, 0.05) is 0 Å². The lowest BCUT2D eigenvalue weighted by Gasteiger charge is -2.16. The van der Waals surface area contributed by atoms with Crippen molar-refractivity contribution in [3.63, 3.8) is 0 Å². The number of nitrogens with zero attached hydrogens (tertiary/aromatic N) is 1. The van der Waals surface area contributed by atoms with Gasteiger partial charge in [-0.15, -0.1) is 0 Å². The van der Waals surface area contributed by atoms with Crippen molar-refractivity contribution in [3.8, 4) is 29.1 Å². The molecule has 136 valence electrons. The Morgan fingerprint density at radius 3 is 1.92 bits per heavy atom. The van der Waals surface area contributed by atoms with Gasteiger partial charge in [-0.2, -0.15) is 5.26 Å². The van der Waals surface area contributed by atoms with E-state index in [0.717, 1.165) is 0 Å². The molecule has 0 N–H and O–H groups in total. The van der Waals surface area contributed by atoms with E-state index < -0.39 is 5.97 Å². The molecule has 6 heteroatoms. The molecule has 2 aromatic rings. The van der Waals surface area contributed by atoms with Crippen LogP contribution in [0, 0.1) is 11.3 Å². The van der Waals surface area contributed by atoms with Crippen molar-refractivity contribution in [3.05, 3.63) is 47.5 Å². The highest BCUT2D eigenvalue weighted by Gasteiger charge is 2.19. The summed E-state index contributed by atoms with van der Waals surface area (Å²) in [5.41, 5.74) is 0.771. The second kappa shape index (κ2) is 9.33. The van der Waals surface area contributed by atoms with Crippen LogP contribution < -0.4 is 18.9 Å². The van der Waals surface area contributed by atoms with Gasteiger partial charge in [0.1, 0.15) is 5.75 Å². The minimum Gasteiger partial charge on any atom is -0.490 e. The van der Waals surface area contributed by atoms with Crippen molar-refractivity contribution < 1.29 is 23.7 Å². The number of benzene rings is 2. The highest BCUT2D eigenvalue weighted by molar-refractivity contribution is 5.92. The third-order valence-electron chi connectivity index (χ3n) is 3.34. The molecule has 2 aromatic carbocycles. The molecule has 0 saturated heterocycles. The molecule has 0 aliphatic carbocycles. The van der Waals surface area contributed by atoms with E-state index in [1.54, 1.807) is 36.4 Å². The summed E-state index contributed by atoms with van der Waals surface area (Å²) in [6.45, 7) is 6.82. The third kappa shape index (κ3) is 4.67. The van der Waals surface area contributed by atoms with Gasteiger partial charge in [-0.1, -0.05) is 0 Å². The molecule has 26 heavy (non-hydrogen) atoms. The van der Waals surface area contributed by atoms with E-state index in [0.29, 0.717) is 48.4 Å². The van der Waals surface area contributed by atoms with Crippen LogP contribution in [0.15, 0.2) is 36.4 Å². The molecule has 0 heterocycles. The van der Waals surface area contributed by atoms with E-state index in [1.807, 2.05) is 26.8 Å². The summed E-state index contributed by atoms with van der Waals surface area (Å²) in [6.07, 6.45) is 0. The van der Waals surface area contributed by atoms with Gasteiger partial charge in [-0.3, -0.25) is 0 Å². The molecule has 0 spiro atoms. The fraction of sp³-hybridized carbons (Fsp3) is 0.300. The van der Waals surface area contributed by atoms with Crippen LogP contribution in [0.5, 0.6) is 23.0 Å². The Hall–Kier alpha value is -3.20. The molecule has 6 nitrogen and oxygen atoms in total. The smallest absolute Gasteiger partial charge is 0.343 e. The standard InChI is InChI=1S/C20H21NO5/c1-4-23-17-11-15(12-18(24-5-2)19(17)25-6-3)20(22)26-16-9-7-14(13-21)8-10-16/h7-12H,4-6H2,1-3H3. The van der Waals surface area contributed by atoms with Crippen molar-refractivity contribution in [1.82, 2.24) is 0 Å². The topological polar surface area (TPSA) is 77.8 Å². The first-order valence-electron chi connectivity index (χ1n) is 8.41. The zero-order valence-electron chi connectivity index (χ0n) is 15.1. The third-order valence-corrected chi connectivity index (χ3v) is 3.34. The van der Waals surface area contributed by atoms with Crippen LogP contribution in [0.3, 0.4) is 0 Å². The van der Waals surface area contributed by atoms with Crippen LogP contribution in [0.4, 0.5) is 0 Å². The first kappa shape index (κ1) is 19.1. The lowest BCUT2D eigenvalue weighted by Crippen LogP contribution is -2.11. The number of rotatable bonds is 8. The molecular weight excluding hydrogens is 334 g/mol. The molecule has 0 saturated carbocycles. The molecule has 0 bridgehead atoms. The van der Waals surface area contributed by atoms with Crippen LogP contribution in [-0.4, -0.2) is 25.8 Å². The first-order valence-corrected chi connectivity index (χ1v) is 8.41. The maximum Gasteiger partial charge on any atom is 0.343 e. The van der Waals surface area contributed by atoms with Crippen LogP contribution in [-0.2, 0) is 0 Å². The minimum atomic E-state index is -0.556. The van der Waals surface area contributed by atoms with E-state index in [1.165, 1.54) is 0 Å². The second-order valence-electron chi connectivity index (χ2n) is 5.13. The predicted molar refractivity (Wildman–Crippen MR) is 96.1 cm³/mol. The second-order valence-corrected chi connectivity index (χ2v) is 5.13. The molecule has 0 atom stereocenters. The molecule has 2 rings (SSSR count). The number of esters is 1. The van der Waals surface area contributed by atoms with Crippen LogP contribution >= 0.6 is 0 Å². The molecule has 0 unspecified atom stereocenters. The van der Waals surface area contributed by atoms with Crippen molar-refractivity contribution in [1.29, 1.82) is 5.26 Å². The Balaban J connectivity index is 2.33. The lowest BCUT2D eigenvalue weighted by atomic mass is 10.1. The van der Waals surface area contributed by atoms with Gasteiger partial charge < -0.3 is 18.9 Å². The Morgan fingerprint density at radius 2 is 1.46 bits per heavy atom. The highest BCUT2D eigenvalue weighted by Crippen LogP contribution is 2.39. The summed E-state index contributed by atoms with van der Waals surface area (Å²) in [6, 6.07) is 11.5. The van der Waals surface area contributed by atoms with Gasteiger partial charge >= 0.3 is 5.97 Å². The van der Waals surface area contributed by atoms with Gasteiger partial charge in [0.05, 0.1) is 37.0 Å². The average Bonchev–Trinajstić information content (AvgIpc) is 2.65. The molecular formula is C20H21NO5. The number of ether oxygens (including phenoxy) is 4. The molecule has 0 amide bonds. The minimum absolute atomic E-state index is 0.282. The quantitative estimate of drug-likeness (QED) is 0.527. The lowest BCUT2D eigenvalue weighted by molar-refractivity contribution is 0.0733. The van der Waals surface area contributed by atoms with E-state index in [4.69, 9.17) is 24.2 Å². The molecule has 0 radical (unpaired) electrons. The van der Waals surface area contributed by atoms with Crippen LogP contribution in [0.25, 0.3) is 0 Å². The maximum atomic E-state index is 12.5. The summed E-state index contributed by atoms with van der Waals surface area (Å²) in [4.78, 5) is 12.5. The normalized spacial score (nSPS) is 9.92. The molecule has 0 fully saturated rings. The van der Waals surface area contributed by atoms with Crippen molar-refractivity contribution in [2.45, 2.75) is 20.8 Å². The van der Waals surface area contributed by atoms with Crippen LogP contribution in [0.2, 0.25) is 0 Å². The van der Waals surface area contributed by atoms with Gasteiger partial charge in [0.2, 0.25) is 5.75 Å². The fourth-order valence-electron chi connectivity index (χ4n) is 2.27. The van der Waals surface area contributed by atoms with Gasteiger partial charge in [0.25, 0.3) is 0 Å². The Morgan fingerprint density at radius 1 is 0.923 bits per heavy atom. The zero-order valence-corrected chi connectivity index (χ0v) is 15.1. The van der Waals surface area contributed by atoms with Crippen LogP contribution in [0.1, 0.15) is 36.7 Å². The highest BCUT2D eigenvalue weighted by atomic mass is 16.5. The monoisotopic (exact) mass is 355 g/mol. The van der Waals surface area contributed by atoms with Gasteiger partial charge in [-0.05, 0) is 57.2 Å². The first-order chi connectivity index (χ1) is 12.6. The summed E-state index contributed by atoms with van der Waals surface area (Å²) < 4.78 is 22.2. The van der Waals surface area contributed by atoms with E-state index >= 15 is 0 Å². The summed E-state index contributed by atoms with van der Waals surface area (Å²) in [5, 5.41) is 8.82. The SMILES string of the molecule is CCOc1cc(C(=O)Oc2ccc(C#N)cc2)cc(OCC)c1OCC. The Labute approximate surface area is 152 Å². The fourth-order valence-corrected chi connectivity index (χ4v) is 2.27. The molecule has 0 aliphatic heterocycles. The number of carbonyl (C=O) groups excluding carboxylic acids is 1. The zero-order chi connectivity index (χ0) is 18.9. The van der Waals surface area contributed by atoms with E-state index in [2.05, 4.69) is 0 Å². The Bertz CT molecular complexity index is 766. The summed E-state index contributed by atoms with van der Waals surface area (Å²) in [5.74, 6) is 1.10.